The summed E-state index contributed by atoms with van der Waals surface area (Å²) in [5.41, 5.74) is 0.976. The maximum atomic E-state index is 12.3. The minimum Gasteiger partial charge on any atom is -0.214 e. The summed E-state index contributed by atoms with van der Waals surface area (Å²) in [7, 11) is -5.47. The van der Waals surface area contributed by atoms with Crippen LogP contribution in [0.3, 0.4) is 0 Å². The molecule has 0 amide bonds. The lowest BCUT2D eigenvalue weighted by Crippen LogP contribution is -2.36. The molecule has 21 heavy (non-hydrogen) atoms. The van der Waals surface area contributed by atoms with Crippen LogP contribution in [0.1, 0.15) is 18.9 Å². The van der Waals surface area contributed by atoms with E-state index in [-0.39, 0.29) is 23.7 Å². The standard InChI is InChI=1S/C13H22N2O4S2/c1-4-11-20(16,17)14-9-10-15(3)21(18,19)13-7-5-12(2)6-8-13/h5-8,14H,4,9-11H2,1-3H3. The topological polar surface area (TPSA) is 83.6 Å². The third kappa shape index (κ3) is 5.39. The van der Waals surface area contributed by atoms with E-state index in [1.807, 2.05) is 6.92 Å². The Morgan fingerprint density at radius 3 is 2.19 bits per heavy atom. The van der Waals surface area contributed by atoms with Gasteiger partial charge in [0.05, 0.1) is 10.6 Å². The molecule has 0 aliphatic heterocycles. The van der Waals surface area contributed by atoms with E-state index in [1.54, 1.807) is 31.2 Å². The number of nitrogens with one attached hydrogen (secondary N) is 1. The molecule has 8 heteroatoms. The van der Waals surface area contributed by atoms with Crippen LogP contribution in [0.4, 0.5) is 0 Å². The molecule has 0 saturated carbocycles. The fourth-order valence-corrected chi connectivity index (χ4v) is 3.97. The van der Waals surface area contributed by atoms with Crippen molar-refractivity contribution in [2.45, 2.75) is 25.2 Å². The summed E-state index contributed by atoms with van der Waals surface area (Å²) in [5.74, 6) is 0.0431. The van der Waals surface area contributed by atoms with Crippen molar-refractivity contribution in [1.82, 2.24) is 9.03 Å². The highest BCUT2D eigenvalue weighted by Gasteiger charge is 2.20. The van der Waals surface area contributed by atoms with Gasteiger partial charge in [0.15, 0.2) is 0 Å². The van der Waals surface area contributed by atoms with Gasteiger partial charge in [-0.1, -0.05) is 24.6 Å². The van der Waals surface area contributed by atoms with Crippen LogP contribution < -0.4 is 4.72 Å². The number of rotatable bonds is 8. The summed E-state index contributed by atoms with van der Waals surface area (Å²) in [6.45, 7) is 3.79. The zero-order chi connectivity index (χ0) is 16.1. The molecule has 0 aliphatic rings. The lowest BCUT2D eigenvalue weighted by Gasteiger charge is -2.17. The highest BCUT2D eigenvalue weighted by Crippen LogP contribution is 2.14. The molecule has 1 N–H and O–H groups in total. The van der Waals surface area contributed by atoms with Crippen molar-refractivity contribution in [3.8, 4) is 0 Å². The molecule has 1 aromatic carbocycles. The van der Waals surface area contributed by atoms with Gasteiger partial charge >= 0.3 is 0 Å². The van der Waals surface area contributed by atoms with Crippen LogP contribution >= 0.6 is 0 Å². The Balaban J connectivity index is 2.66. The molecule has 0 spiro atoms. The van der Waals surface area contributed by atoms with Gasteiger partial charge in [-0.3, -0.25) is 0 Å². The van der Waals surface area contributed by atoms with Gasteiger partial charge in [0.1, 0.15) is 0 Å². The van der Waals surface area contributed by atoms with Gasteiger partial charge in [0, 0.05) is 20.1 Å². The average molecular weight is 334 g/mol. The molecule has 1 aromatic rings. The fourth-order valence-electron chi connectivity index (χ4n) is 1.71. The van der Waals surface area contributed by atoms with Gasteiger partial charge in [0.25, 0.3) is 0 Å². The summed E-state index contributed by atoms with van der Waals surface area (Å²) >= 11 is 0. The van der Waals surface area contributed by atoms with Crippen LogP contribution in [0.15, 0.2) is 29.2 Å². The van der Waals surface area contributed by atoms with Crippen LogP contribution in [0.2, 0.25) is 0 Å². The minimum atomic E-state index is -3.59. The number of benzene rings is 1. The Bertz CT molecular complexity index is 652. The molecule has 0 aliphatic carbocycles. The smallest absolute Gasteiger partial charge is 0.214 e. The lowest BCUT2D eigenvalue weighted by molar-refractivity contribution is 0.469. The van der Waals surface area contributed by atoms with Crippen LogP contribution in [-0.2, 0) is 20.0 Å². The molecule has 0 fully saturated rings. The van der Waals surface area contributed by atoms with Gasteiger partial charge < -0.3 is 0 Å². The predicted molar refractivity (Wildman–Crippen MR) is 83.1 cm³/mol. The summed E-state index contributed by atoms with van der Waals surface area (Å²) in [6, 6.07) is 6.54. The van der Waals surface area contributed by atoms with E-state index in [2.05, 4.69) is 4.72 Å². The molecule has 0 unspecified atom stereocenters. The van der Waals surface area contributed by atoms with Crippen LogP contribution in [0.5, 0.6) is 0 Å². The number of nitrogens with zero attached hydrogens (tertiary/aromatic N) is 1. The van der Waals surface area contributed by atoms with E-state index < -0.39 is 20.0 Å². The second-order valence-electron chi connectivity index (χ2n) is 4.85. The number of aryl methyl sites for hydroxylation is 1. The van der Waals surface area contributed by atoms with Crippen molar-refractivity contribution in [3.05, 3.63) is 29.8 Å². The van der Waals surface area contributed by atoms with Gasteiger partial charge in [-0.05, 0) is 25.5 Å². The van der Waals surface area contributed by atoms with E-state index >= 15 is 0 Å². The lowest BCUT2D eigenvalue weighted by atomic mass is 10.2. The van der Waals surface area contributed by atoms with E-state index in [0.29, 0.717) is 6.42 Å². The summed E-state index contributed by atoms with van der Waals surface area (Å²) in [5, 5.41) is 0. The molecule has 0 heterocycles. The molecule has 0 atom stereocenters. The summed E-state index contributed by atoms with van der Waals surface area (Å²) < 4.78 is 51.1. The van der Waals surface area contributed by atoms with Crippen molar-refractivity contribution < 1.29 is 16.8 Å². The van der Waals surface area contributed by atoms with Crippen LogP contribution in [0, 0.1) is 6.92 Å². The Morgan fingerprint density at radius 2 is 1.67 bits per heavy atom. The van der Waals surface area contributed by atoms with E-state index in [9.17, 15) is 16.8 Å². The first-order valence-corrected chi connectivity index (χ1v) is 9.78. The number of hydrogen-bond acceptors (Lipinski definition) is 4. The van der Waals surface area contributed by atoms with Crippen molar-refractivity contribution in [1.29, 1.82) is 0 Å². The summed E-state index contributed by atoms with van der Waals surface area (Å²) in [6.07, 6.45) is 0.521. The molecule has 1 rings (SSSR count). The molecule has 0 bridgehead atoms. The fraction of sp³-hybridized carbons (Fsp3) is 0.538. The monoisotopic (exact) mass is 334 g/mol. The van der Waals surface area contributed by atoms with E-state index in [1.165, 1.54) is 7.05 Å². The van der Waals surface area contributed by atoms with Gasteiger partial charge in [-0.25, -0.2) is 21.6 Å². The van der Waals surface area contributed by atoms with Gasteiger partial charge in [0.2, 0.25) is 20.0 Å². The van der Waals surface area contributed by atoms with Crippen molar-refractivity contribution in [2.75, 3.05) is 25.9 Å². The molecule has 120 valence electrons. The average Bonchev–Trinajstić information content (AvgIpc) is 2.38. The molecular weight excluding hydrogens is 312 g/mol. The number of hydrogen-bond donors (Lipinski definition) is 1. The third-order valence-electron chi connectivity index (χ3n) is 2.95. The zero-order valence-electron chi connectivity index (χ0n) is 12.5. The Labute approximate surface area is 127 Å². The molecule has 0 aromatic heterocycles. The summed E-state index contributed by atoms with van der Waals surface area (Å²) in [4.78, 5) is 0.201. The molecule has 0 saturated heterocycles. The van der Waals surface area contributed by atoms with Crippen molar-refractivity contribution in [2.24, 2.45) is 0 Å². The quantitative estimate of drug-likeness (QED) is 0.767. The first-order valence-electron chi connectivity index (χ1n) is 6.69. The predicted octanol–water partition coefficient (Wildman–Crippen LogP) is 0.945. The minimum absolute atomic E-state index is 0.0431. The highest BCUT2D eigenvalue weighted by atomic mass is 32.2. The first-order chi connectivity index (χ1) is 9.69. The SMILES string of the molecule is CCCS(=O)(=O)NCCN(C)S(=O)(=O)c1ccc(C)cc1. The van der Waals surface area contributed by atoms with E-state index in [4.69, 9.17) is 0 Å². The first kappa shape index (κ1) is 18.1. The van der Waals surface area contributed by atoms with Crippen LogP contribution in [-0.4, -0.2) is 47.0 Å². The van der Waals surface area contributed by atoms with Crippen LogP contribution in [0.25, 0.3) is 0 Å². The maximum absolute atomic E-state index is 12.3. The molecule has 0 radical (unpaired) electrons. The number of likely N-dealkylation sites (N-methyl/N-ethyl adjacent to an activating group) is 1. The third-order valence-corrected chi connectivity index (χ3v) is 6.41. The second kappa shape index (κ2) is 7.35. The second-order valence-corrected chi connectivity index (χ2v) is 8.82. The highest BCUT2D eigenvalue weighted by molar-refractivity contribution is 7.89. The van der Waals surface area contributed by atoms with E-state index in [0.717, 1.165) is 9.87 Å². The zero-order valence-corrected chi connectivity index (χ0v) is 14.2. The van der Waals surface area contributed by atoms with Crippen molar-refractivity contribution in [3.63, 3.8) is 0 Å². The Hall–Kier alpha value is -0.960. The van der Waals surface area contributed by atoms with Crippen molar-refractivity contribution >= 4 is 20.0 Å². The van der Waals surface area contributed by atoms with Gasteiger partial charge in [-0.15, -0.1) is 0 Å². The number of sulfonamides is 2. The maximum Gasteiger partial charge on any atom is 0.242 e. The largest absolute Gasteiger partial charge is 0.242 e. The normalized spacial score (nSPS) is 12.8. The Morgan fingerprint density at radius 1 is 1.10 bits per heavy atom. The molecular formula is C13H22N2O4S2. The Kier molecular flexibility index (Phi) is 6.33. The molecule has 6 nitrogen and oxygen atoms in total. The van der Waals surface area contributed by atoms with Gasteiger partial charge in [-0.2, -0.15) is 4.31 Å².